The third-order valence-corrected chi connectivity index (χ3v) is 3.34. The zero-order valence-electron chi connectivity index (χ0n) is 11.4. The maximum atomic E-state index is 11.7. The van der Waals surface area contributed by atoms with Gasteiger partial charge in [0, 0.05) is 45.0 Å². The molecular formula is C14H22N4O. The lowest BCUT2D eigenvalue weighted by atomic mass is 10.3. The molecule has 1 heterocycles. The molecule has 0 atom stereocenters. The molecule has 0 aliphatic carbocycles. The Morgan fingerprint density at radius 2 is 1.84 bits per heavy atom. The maximum absolute atomic E-state index is 11.7. The summed E-state index contributed by atoms with van der Waals surface area (Å²) in [6.45, 7) is 5.97. The number of rotatable bonds is 4. The zero-order chi connectivity index (χ0) is 13.5. The van der Waals surface area contributed by atoms with Crippen LogP contribution >= 0.6 is 0 Å². The molecule has 19 heavy (non-hydrogen) atoms. The standard InChI is InChI=1S/C14H22N4O/c1-17-9-11-18(12-10-17)8-7-15-14(19)16-13-5-3-2-4-6-13/h2-6H,7-12H2,1H3,(H2,15,16,19). The minimum absolute atomic E-state index is 0.139. The van der Waals surface area contributed by atoms with E-state index in [0.717, 1.165) is 38.4 Å². The Hall–Kier alpha value is -1.59. The first kappa shape index (κ1) is 13.8. The molecule has 0 aromatic heterocycles. The van der Waals surface area contributed by atoms with Crippen LogP contribution in [-0.4, -0.2) is 62.1 Å². The number of amides is 2. The summed E-state index contributed by atoms with van der Waals surface area (Å²) in [4.78, 5) is 16.4. The van der Waals surface area contributed by atoms with E-state index in [4.69, 9.17) is 0 Å². The minimum Gasteiger partial charge on any atom is -0.337 e. The summed E-state index contributed by atoms with van der Waals surface area (Å²) >= 11 is 0. The SMILES string of the molecule is CN1CCN(CCNC(=O)Nc2ccccc2)CC1. The summed E-state index contributed by atoms with van der Waals surface area (Å²) in [7, 11) is 2.14. The first-order valence-electron chi connectivity index (χ1n) is 6.75. The number of likely N-dealkylation sites (N-methyl/N-ethyl adjacent to an activating group) is 1. The van der Waals surface area contributed by atoms with Crippen molar-refractivity contribution in [2.75, 3.05) is 51.6 Å². The summed E-state index contributed by atoms with van der Waals surface area (Å²) in [6.07, 6.45) is 0. The molecule has 5 heteroatoms. The van der Waals surface area contributed by atoms with Gasteiger partial charge in [0.15, 0.2) is 0 Å². The first-order valence-corrected chi connectivity index (χ1v) is 6.75. The summed E-state index contributed by atoms with van der Waals surface area (Å²) in [6, 6.07) is 9.34. The molecule has 1 saturated heterocycles. The molecule has 5 nitrogen and oxygen atoms in total. The minimum atomic E-state index is -0.139. The van der Waals surface area contributed by atoms with E-state index in [1.807, 2.05) is 30.3 Å². The lowest BCUT2D eigenvalue weighted by Gasteiger charge is -2.32. The molecule has 1 aromatic carbocycles. The molecule has 2 amide bonds. The maximum Gasteiger partial charge on any atom is 0.319 e. The molecule has 1 fully saturated rings. The number of anilines is 1. The Balaban J connectivity index is 1.62. The third-order valence-electron chi connectivity index (χ3n) is 3.34. The van der Waals surface area contributed by atoms with Crippen LogP contribution in [0.3, 0.4) is 0 Å². The number of piperazine rings is 1. The summed E-state index contributed by atoms with van der Waals surface area (Å²) in [5.74, 6) is 0. The number of nitrogens with one attached hydrogen (secondary N) is 2. The Bertz CT molecular complexity index is 388. The van der Waals surface area contributed by atoms with Crippen molar-refractivity contribution in [2.24, 2.45) is 0 Å². The van der Waals surface area contributed by atoms with Crippen LogP contribution in [0.15, 0.2) is 30.3 Å². The highest BCUT2D eigenvalue weighted by Gasteiger charge is 2.13. The quantitative estimate of drug-likeness (QED) is 0.853. The van der Waals surface area contributed by atoms with Crippen molar-refractivity contribution < 1.29 is 4.79 Å². The average Bonchev–Trinajstić information content (AvgIpc) is 2.42. The van der Waals surface area contributed by atoms with Gasteiger partial charge in [-0.2, -0.15) is 0 Å². The van der Waals surface area contributed by atoms with Crippen LogP contribution in [-0.2, 0) is 0 Å². The normalized spacial score (nSPS) is 17.1. The smallest absolute Gasteiger partial charge is 0.319 e. The van der Waals surface area contributed by atoms with Crippen LogP contribution in [0.2, 0.25) is 0 Å². The summed E-state index contributed by atoms with van der Waals surface area (Å²) < 4.78 is 0. The largest absolute Gasteiger partial charge is 0.337 e. The second-order valence-corrected chi connectivity index (χ2v) is 4.89. The molecule has 1 aliphatic heterocycles. The van der Waals surface area contributed by atoms with Crippen molar-refractivity contribution in [1.82, 2.24) is 15.1 Å². The molecule has 2 rings (SSSR count). The summed E-state index contributed by atoms with van der Waals surface area (Å²) in [5, 5.41) is 5.69. The van der Waals surface area contributed by atoms with E-state index in [0.29, 0.717) is 6.54 Å². The molecule has 1 aromatic rings. The van der Waals surface area contributed by atoms with E-state index in [1.54, 1.807) is 0 Å². The molecular weight excluding hydrogens is 240 g/mol. The van der Waals surface area contributed by atoms with Gasteiger partial charge in [-0.25, -0.2) is 4.79 Å². The molecule has 0 radical (unpaired) electrons. The molecule has 0 unspecified atom stereocenters. The number of hydrogen-bond donors (Lipinski definition) is 2. The fraction of sp³-hybridized carbons (Fsp3) is 0.500. The van der Waals surface area contributed by atoms with E-state index in [2.05, 4.69) is 27.5 Å². The van der Waals surface area contributed by atoms with Gasteiger partial charge in [-0.05, 0) is 19.2 Å². The second kappa shape index (κ2) is 7.11. The van der Waals surface area contributed by atoms with Crippen LogP contribution in [0.5, 0.6) is 0 Å². The van der Waals surface area contributed by atoms with Crippen molar-refractivity contribution in [1.29, 1.82) is 0 Å². The highest BCUT2D eigenvalue weighted by atomic mass is 16.2. The van der Waals surface area contributed by atoms with Gasteiger partial charge in [-0.1, -0.05) is 18.2 Å². The highest BCUT2D eigenvalue weighted by molar-refractivity contribution is 5.89. The number of para-hydroxylation sites is 1. The van der Waals surface area contributed by atoms with Gasteiger partial charge in [0.2, 0.25) is 0 Å². The topological polar surface area (TPSA) is 47.6 Å². The van der Waals surface area contributed by atoms with Crippen molar-refractivity contribution in [3.8, 4) is 0 Å². The fourth-order valence-electron chi connectivity index (χ4n) is 2.10. The average molecular weight is 262 g/mol. The molecule has 2 N–H and O–H groups in total. The van der Waals surface area contributed by atoms with Crippen LogP contribution in [0.4, 0.5) is 10.5 Å². The number of urea groups is 1. The van der Waals surface area contributed by atoms with Crippen molar-refractivity contribution in [3.05, 3.63) is 30.3 Å². The molecule has 1 aliphatic rings. The molecule has 0 spiro atoms. The van der Waals surface area contributed by atoms with Gasteiger partial charge in [-0.3, -0.25) is 4.90 Å². The van der Waals surface area contributed by atoms with Crippen molar-refractivity contribution >= 4 is 11.7 Å². The number of carbonyl (C=O) groups excluding carboxylic acids is 1. The summed E-state index contributed by atoms with van der Waals surface area (Å²) in [5.41, 5.74) is 0.819. The number of nitrogens with zero attached hydrogens (tertiary/aromatic N) is 2. The Morgan fingerprint density at radius 3 is 2.53 bits per heavy atom. The van der Waals surface area contributed by atoms with Gasteiger partial charge < -0.3 is 15.5 Å². The molecule has 104 valence electrons. The van der Waals surface area contributed by atoms with Crippen LogP contribution in [0.25, 0.3) is 0 Å². The van der Waals surface area contributed by atoms with Gasteiger partial charge in [0.1, 0.15) is 0 Å². The van der Waals surface area contributed by atoms with E-state index >= 15 is 0 Å². The molecule has 0 saturated carbocycles. The highest BCUT2D eigenvalue weighted by Crippen LogP contribution is 2.04. The lowest BCUT2D eigenvalue weighted by molar-refractivity contribution is 0.155. The Morgan fingerprint density at radius 1 is 1.16 bits per heavy atom. The van der Waals surface area contributed by atoms with Crippen LogP contribution in [0.1, 0.15) is 0 Å². The third kappa shape index (κ3) is 4.89. The Kier molecular flexibility index (Phi) is 5.18. The van der Waals surface area contributed by atoms with Gasteiger partial charge >= 0.3 is 6.03 Å². The Labute approximate surface area is 114 Å². The predicted octanol–water partition coefficient (Wildman–Crippen LogP) is 1.06. The van der Waals surface area contributed by atoms with Crippen LogP contribution in [0, 0.1) is 0 Å². The predicted molar refractivity (Wildman–Crippen MR) is 77.4 cm³/mol. The number of hydrogen-bond acceptors (Lipinski definition) is 3. The second-order valence-electron chi connectivity index (χ2n) is 4.89. The van der Waals surface area contributed by atoms with Crippen molar-refractivity contribution in [2.45, 2.75) is 0 Å². The van der Waals surface area contributed by atoms with Crippen LogP contribution < -0.4 is 10.6 Å². The zero-order valence-corrected chi connectivity index (χ0v) is 11.4. The van der Waals surface area contributed by atoms with Gasteiger partial charge in [0.25, 0.3) is 0 Å². The number of carbonyl (C=O) groups is 1. The number of benzene rings is 1. The van der Waals surface area contributed by atoms with Crippen molar-refractivity contribution in [3.63, 3.8) is 0 Å². The van der Waals surface area contributed by atoms with E-state index in [1.165, 1.54) is 0 Å². The van der Waals surface area contributed by atoms with E-state index in [-0.39, 0.29) is 6.03 Å². The molecule has 0 bridgehead atoms. The lowest BCUT2D eigenvalue weighted by Crippen LogP contribution is -2.47. The van der Waals surface area contributed by atoms with Gasteiger partial charge in [0.05, 0.1) is 0 Å². The first-order chi connectivity index (χ1) is 9.24. The van der Waals surface area contributed by atoms with Gasteiger partial charge in [-0.15, -0.1) is 0 Å². The van der Waals surface area contributed by atoms with E-state index in [9.17, 15) is 4.79 Å². The monoisotopic (exact) mass is 262 g/mol. The fourth-order valence-corrected chi connectivity index (χ4v) is 2.10. The van der Waals surface area contributed by atoms with E-state index < -0.39 is 0 Å².